The molecular weight excluding hydrogens is 489 g/mol. The zero-order valence-electron chi connectivity index (χ0n) is 17.5. The van der Waals surface area contributed by atoms with Gasteiger partial charge >= 0.3 is 64.8 Å². The van der Waals surface area contributed by atoms with Crippen molar-refractivity contribution in [3.8, 4) is 0 Å². The Morgan fingerprint density at radius 3 is 2.39 bits per heavy atom. The maximum absolute atomic E-state index is 12.0. The second kappa shape index (κ2) is 12.4. The molecule has 0 amide bonds. The Hall–Kier alpha value is -0.650. The number of aliphatic hydroxyl groups is 2. The fourth-order valence-electron chi connectivity index (χ4n) is 3.13. The normalized spacial score (nSPS) is 22.4. The Morgan fingerprint density at radius 2 is 1.82 bits per heavy atom. The van der Waals surface area contributed by atoms with Gasteiger partial charge in [-0.25, -0.2) is 4.79 Å². The summed E-state index contributed by atoms with van der Waals surface area (Å²) in [5, 5.41) is 24.6. The molecule has 0 spiro atoms. The standard InChI is InChI=1S/C15H19N4O11P.2Na/c20-4-2-16-9-10(12(23)11(9)22)18-8-6(5-29-31(26,27)28)30-14(13(8)24)19-3-1-7(21)17-15(19)25;;/h1,3,6,8,13-14,16,18,20,24H,2,4-5H2,(H,17,21,25)(H2,26,27,28);;/q;2*+1/p-2/t6-,8-,13-,14-;;/m1../s1. The molecule has 2 aromatic rings. The van der Waals surface area contributed by atoms with Crippen molar-refractivity contribution in [2.45, 2.75) is 24.5 Å². The van der Waals surface area contributed by atoms with Gasteiger partial charge in [0.25, 0.3) is 16.4 Å². The van der Waals surface area contributed by atoms with Gasteiger partial charge in [0.15, 0.2) is 6.23 Å². The predicted octanol–water partition coefficient (Wildman–Crippen LogP) is -10.9. The molecule has 0 bridgehead atoms. The Kier molecular flexibility index (Phi) is 11.4. The number of H-pyrrole nitrogens is 1. The molecular formula is C15H17N4Na2O11P. The molecule has 1 aliphatic rings. The minimum atomic E-state index is -5.43. The third-order valence-corrected chi connectivity index (χ3v) is 5.00. The van der Waals surface area contributed by atoms with Crippen molar-refractivity contribution in [2.75, 3.05) is 30.4 Å². The number of aliphatic hydroxyl groups excluding tert-OH is 2. The molecule has 4 atom stereocenters. The van der Waals surface area contributed by atoms with Crippen molar-refractivity contribution in [1.29, 1.82) is 0 Å². The van der Waals surface area contributed by atoms with Crippen molar-refractivity contribution in [2.24, 2.45) is 0 Å². The number of rotatable bonds is 9. The van der Waals surface area contributed by atoms with Crippen molar-refractivity contribution in [3.63, 3.8) is 0 Å². The van der Waals surface area contributed by atoms with Gasteiger partial charge in [-0.2, -0.15) is 0 Å². The molecule has 2 heterocycles. The number of anilines is 2. The van der Waals surface area contributed by atoms with Crippen LogP contribution in [0.1, 0.15) is 6.23 Å². The van der Waals surface area contributed by atoms with Crippen LogP contribution in [0.3, 0.4) is 0 Å². The molecule has 0 aliphatic carbocycles. The van der Waals surface area contributed by atoms with E-state index in [0.717, 1.165) is 16.8 Å². The van der Waals surface area contributed by atoms with Gasteiger partial charge < -0.3 is 44.5 Å². The number of aromatic amines is 1. The van der Waals surface area contributed by atoms with Gasteiger partial charge in [0.1, 0.15) is 23.6 Å². The molecule has 15 nitrogen and oxygen atoms in total. The zero-order chi connectivity index (χ0) is 22.9. The minimum absolute atomic E-state index is 0. The van der Waals surface area contributed by atoms with Gasteiger partial charge in [0.2, 0.25) is 0 Å². The maximum Gasteiger partial charge on any atom is 1.00 e. The predicted molar refractivity (Wildman–Crippen MR) is 99.1 cm³/mol. The van der Waals surface area contributed by atoms with Crippen LogP contribution in [-0.2, 0) is 13.8 Å². The van der Waals surface area contributed by atoms with E-state index >= 15 is 0 Å². The Labute approximate surface area is 228 Å². The largest absolute Gasteiger partial charge is 1.00 e. The van der Waals surface area contributed by atoms with Crippen molar-refractivity contribution < 1.29 is 92.9 Å². The first-order chi connectivity index (χ1) is 14.5. The molecule has 0 unspecified atom stereocenters. The van der Waals surface area contributed by atoms with Crippen LogP contribution in [0, 0.1) is 0 Å². The second-order valence-electron chi connectivity index (χ2n) is 6.54. The van der Waals surface area contributed by atoms with E-state index in [2.05, 4.69) is 15.2 Å². The van der Waals surface area contributed by atoms with Gasteiger partial charge in [-0.3, -0.25) is 23.9 Å². The molecule has 18 heteroatoms. The summed E-state index contributed by atoms with van der Waals surface area (Å²) < 4.78 is 21.3. The topological polar surface area (TPSA) is 235 Å². The molecule has 1 aromatic carbocycles. The number of hydrogen-bond donors (Lipinski definition) is 5. The van der Waals surface area contributed by atoms with Gasteiger partial charge in [-0.05, 0) is 0 Å². The van der Waals surface area contributed by atoms with Crippen LogP contribution < -0.4 is 102 Å². The molecule has 1 aromatic heterocycles. The van der Waals surface area contributed by atoms with Crippen molar-refractivity contribution >= 4 is 19.2 Å². The quantitative estimate of drug-likeness (QED) is 0.121. The molecule has 1 fully saturated rings. The van der Waals surface area contributed by atoms with Crippen LogP contribution in [-0.4, -0.2) is 57.8 Å². The number of hydrogen-bond acceptors (Lipinski definition) is 13. The summed E-state index contributed by atoms with van der Waals surface area (Å²) in [5.41, 5.74) is -3.93. The van der Waals surface area contributed by atoms with Gasteiger partial charge in [0, 0.05) is 18.8 Å². The Morgan fingerprint density at radius 1 is 1.18 bits per heavy atom. The molecule has 1 saturated heterocycles. The van der Waals surface area contributed by atoms with Gasteiger partial charge in [-0.15, -0.1) is 0 Å². The maximum atomic E-state index is 12.0. The van der Waals surface area contributed by atoms with E-state index in [0.29, 0.717) is 0 Å². The summed E-state index contributed by atoms with van der Waals surface area (Å²) in [7, 11) is -5.43. The van der Waals surface area contributed by atoms with E-state index in [-0.39, 0.29) is 83.6 Å². The number of nitrogens with one attached hydrogen (secondary N) is 3. The average molecular weight is 506 g/mol. The number of phosphoric acid groups is 1. The summed E-state index contributed by atoms with van der Waals surface area (Å²) >= 11 is 0. The first-order valence-electron chi connectivity index (χ1n) is 8.79. The SMILES string of the molecule is O=c1ccn([C@@H]2O[C@H](COP(=O)([O-])[O-])[C@@H](Nc3c(NCCO)c(=O)c3=O)[C@H]2O)c(=O)[nH]1.[Na+].[Na+]. The second-order valence-corrected chi connectivity index (χ2v) is 7.70. The fraction of sp³-hybridized carbons (Fsp3) is 0.467. The summed E-state index contributed by atoms with van der Waals surface area (Å²) in [4.78, 5) is 70.6. The van der Waals surface area contributed by atoms with Crippen LogP contribution in [0.4, 0.5) is 11.4 Å². The summed E-state index contributed by atoms with van der Waals surface area (Å²) in [6, 6.07) is -0.339. The Balaban J connectivity index is 0.00000272. The third-order valence-electron chi connectivity index (χ3n) is 4.53. The molecule has 1 aliphatic heterocycles. The summed E-state index contributed by atoms with van der Waals surface area (Å²) in [6.07, 6.45) is -3.43. The van der Waals surface area contributed by atoms with Gasteiger partial charge in [0.05, 0.1) is 27.1 Å². The van der Waals surface area contributed by atoms with Crippen LogP contribution in [0.2, 0.25) is 0 Å². The molecule has 170 valence electrons. The van der Waals surface area contributed by atoms with E-state index in [9.17, 15) is 38.6 Å². The first-order valence-corrected chi connectivity index (χ1v) is 10.3. The van der Waals surface area contributed by atoms with Crippen molar-refractivity contribution in [3.05, 3.63) is 53.5 Å². The van der Waals surface area contributed by atoms with Crippen LogP contribution in [0.5, 0.6) is 0 Å². The number of aromatic nitrogens is 2. The number of ether oxygens (including phenoxy) is 1. The van der Waals surface area contributed by atoms with E-state index < -0.39 is 61.0 Å². The molecule has 3 rings (SSSR count). The smallest absolute Gasteiger partial charge is 0.790 e. The summed E-state index contributed by atoms with van der Waals surface area (Å²) in [5.74, 6) is 0. The van der Waals surface area contributed by atoms with E-state index in [1.54, 1.807) is 0 Å². The van der Waals surface area contributed by atoms with Gasteiger partial charge in [-0.1, -0.05) is 0 Å². The van der Waals surface area contributed by atoms with E-state index in [4.69, 9.17) is 9.84 Å². The minimum Gasteiger partial charge on any atom is -0.790 e. The van der Waals surface area contributed by atoms with E-state index in [1.165, 1.54) is 0 Å². The monoisotopic (exact) mass is 506 g/mol. The molecule has 33 heavy (non-hydrogen) atoms. The number of nitrogens with zero attached hydrogens (tertiary/aromatic N) is 1. The van der Waals surface area contributed by atoms with Crippen LogP contribution >= 0.6 is 7.82 Å². The van der Waals surface area contributed by atoms with Crippen LogP contribution in [0.15, 0.2) is 31.4 Å². The number of phosphoric ester groups is 1. The molecule has 0 radical (unpaired) electrons. The third kappa shape index (κ3) is 6.95. The van der Waals surface area contributed by atoms with Crippen LogP contribution in [0.25, 0.3) is 0 Å². The molecule has 5 N–H and O–H groups in total. The van der Waals surface area contributed by atoms with E-state index in [1.807, 2.05) is 4.98 Å². The first kappa shape index (κ1) is 30.4. The van der Waals surface area contributed by atoms with Crippen molar-refractivity contribution in [1.82, 2.24) is 9.55 Å². The zero-order valence-corrected chi connectivity index (χ0v) is 22.4. The fourth-order valence-corrected chi connectivity index (χ4v) is 3.46. The average Bonchev–Trinajstić information content (AvgIpc) is 3.00. The molecule has 0 saturated carbocycles. The summed E-state index contributed by atoms with van der Waals surface area (Å²) in [6.45, 7) is -1.27. The Bertz CT molecular complexity index is 1190.